The van der Waals surface area contributed by atoms with Crippen LogP contribution in [0.3, 0.4) is 0 Å². The first-order valence-electron chi connectivity index (χ1n) is 5.66. The number of halogens is 3. The van der Waals surface area contributed by atoms with Crippen LogP contribution in [0.2, 0.25) is 0 Å². The Hall–Kier alpha value is -1.76. The number of nitrogens with zero attached hydrogens (tertiary/aromatic N) is 1. The number of nitrogens with one attached hydrogen (secondary N) is 2. The Morgan fingerprint density at radius 2 is 1.89 bits per heavy atom. The molecule has 1 aromatic carbocycles. The number of likely N-dealkylation sites (N-methyl/N-ethyl adjacent to an activating group) is 1. The summed E-state index contributed by atoms with van der Waals surface area (Å²) in [5.41, 5.74) is -1.12. The standard InChI is InChI=1S/C12H16F3N3O/c1-18(2)8-7-16-11(19)17-10-6-4-3-5-9(10)12(13,14)15/h3-6H,7-8H2,1-2H3,(H2,16,17,19). The van der Waals surface area contributed by atoms with Crippen LogP contribution >= 0.6 is 0 Å². The van der Waals surface area contributed by atoms with Gasteiger partial charge in [0, 0.05) is 13.1 Å². The predicted octanol–water partition coefficient (Wildman–Crippen LogP) is 2.39. The van der Waals surface area contributed by atoms with E-state index < -0.39 is 17.8 Å². The van der Waals surface area contributed by atoms with Crippen LogP contribution in [0.25, 0.3) is 0 Å². The number of alkyl halides is 3. The summed E-state index contributed by atoms with van der Waals surface area (Å²) in [5.74, 6) is 0. The van der Waals surface area contributed by atoms with Gasteiger partial charge in [-0.3, -0.25) is 0 Å². The normalized spacial score (nSPS) is 11.5. The lowest BCUT2D eigenvalue weighted by Gasteiger charge is -2.15. The second kappa shape index (κ2) is 6.42. The molecule has 0 unspecified atom stereocenters. The number of carbonyl (C=O) groups excluding carboxylic acids is 1. The van der Waals surface area contributed by atoms with Crippen molar-refractivity contribution in [3.05, 3.63) is 29.8 Å². The van der Waals surface area contributed by atoms with Gasteiger partial charge in [-0.2, -0.15) is 13.2 Å². The minimum absolute atomic E-state index is 0.252. The Morgan fingerprint density at radius 3 is 2.47 bits per heavy atom. The van der Waals surface area contributed by atoms with E-state index in [4.69, 9.17) is 0 Å². The Balaban J connectivity index is 2.64. The molecule has 0 aliphatic rings. The van der Waals surface area contributed by atoms with Crippen molar-refractivity contribution < 1.29 is 18.0 Å². The third-order valence-corrected chi connectivity index (χ3v) is 2.33. The summed E-state index contributed by atoms with van der Waals surface area (Å²) in [7, 11) is 3.66. The van der Waals surface area contributed by atoms with Gasteiger partial charge in [0.25, 0.3) is 0 Å². The number of hydrogen-bond acceptors (Lipinski definition) is 2. The maximum absolute atomic E-state index is 12.7. The van der Waals surface area contributed by atoms with Crippen molar-refractivity contribution in [2.45, 2.75) is 6.18 Å². The van der Waals surface area contributed by atoms with E-state index in [0.29, 0.717) is 13.1 Å². The first-order valence-corrected chi connectivity index (χ1v) is 5.66. The Kier molecular flexibility index (Phi) is 5.17. The highest BCUT2D eigenvalue weighted by Gasteiger charge is 2.33. The largest absolute Gasteiger partial charge is 0.418 e. The van der Waals surface area contributed by atoms with Crippen molar-refractivity contribution in [2.75, 3.05) is 32.5 Å². The minimum atomic E-state index is -4.49. The van der Waals surface area contributed by atoms with Crippen molar-refractivity contribution >= 4 is 11.7 Å². The van der Waals surface area contributed by atoms with Crippen LogP contribution < -0.4 is 10.6 Å². The van der Waals surface area contributed by atoms with E-state index >= 15 is 0 Å². The summed E-state index contributed by atoms with van der Waals surface area (Å²) in [5, 5.41) is 4.68. The van der Waals surface area contributed by atoms with Gasteiger partial charge in [-0.1, -0.05) is 12.1 Å². The van der Waals surface area contributed by atoms with E-state index in [1.54, 1.807) is 0 Å². The average Bonchev–Trinajstić information content (AvgIpc) is 2.27. The van der Waals surface area contributed by atoms with Gasteiger partial charge >= 0.3 is 12.2 Å². The lowest BCUT2D eigenvalue weighted by molar-refractivity contribution is -0.136. The van der Waals surface area contributed by atoms with Crippen molar-refractivity contribution in [1.82, 2.24) is 10.2 Å². The zero-order chi connectivity index (χ0) is 14.5. The molecule has 0 heterocycles. The zero-order valence-electron chi connectivity index (χ0n) is 10.7. The maximum atomic E-state index is 12.7. The molecule has 0 saturated heterocycles. The Labute approximate surface area is 109 Å². The van der Waals surface area contributed by atoms with Crippen LogP contribution in [0, 0.1) is 0 Å². The van der Waals surface area contributed by atoms with E-state index in [9.17, 15) is 18.0 Å². The second-order valence-corrected chi connectivity index (χ2v) is 4.23. The molecule has 0 aliphatic carbocycles. The summed E-state index contributed by atoms with van der Waals surface area (Å²) >= 11 is 0. The molecule has 1 rings (SSSR count). The van der Waals surface area contributed by atoms with Crippen LogP contribution in [0.15, 0.2) is 24.3 Å². The molecule has 1 aromatic rings. The average molecular weight is 275 g/mol. The number of para-hydroxylation sites is 1. The summed E-state index contributed by atoms with van der Waals surface area (Å²) in [4.78, 5) is 13.3. The number of rotatable bonds is 4. The van der Waals surface area contributed by atoms with E-state index in [0.717, 1.165) is 6.07 Å². The topological polar surface area (TPSA) is 44.4 Å². The maximum Gasteiger partial charge on any atom is 0.418 e. The zero-order valence-corrected chi connectivity index (χ0v) is 10.7. The van der Waals surface area contributed by atoms with Gasteiger partial charge in [0.15, 0.2) is 0 Å². The Morgan fingerprint density at radius 1 is 1.26 bits per heavy atom. The number of benzene rings is 1. The molecule has 0 radical (unpaired) electrons. The van der Waals surface area contributed by atoms with Gasteiger partial charge in [0.05, 0.1) is 11.3 Å². The lowest BCUT2D eigenvalue weighted by Crippen LogP contribution is -2.34. The highest BCUT2D eigenvalue weighted by atomic mass is 19.4. The number of amides is 2. The van der Waals surface area contributed by atoms with Crippen molar-refractivity contribution in [2.24, 2.45) is 0 Å². The summed E-state index contributed by atoms with van der Waals surface area (Å²) in [6.07, 6.45) is -4.49. The molecule has 2 N–H and O–H groups in total. The van der Waals surface area contributed by atoms with Gasteiger partial charge in [-0.25, -0.2) is 4.79 Å². The molecule has 2 amide bonds. The number of hydrogen-bond donors (Lipinski definition) is 2. The predicted molar refractivity (Wildman–Crippen MR) is 67.0 cm³/mol. The molecule has 0 bridgehead atoms. The molecule has 0 aromatic heterocycles. The molecular weight excluding hydrogens is 259 g/mol. The van der Waals surface area contributed by atoms with E-state index in [-0.39, 0.29) is 5.69 Å². The van der Waals surface area contributed by atoms with Crippen LogP contribution in [0.1, 0.15) is 5.56 Å². The SMILES string of the molecule is CN(C)CCNC(=O)Nc1ccccc1C(F)(F)F. The highest BCUT2D eigenvalue weighted by molar-refractivity contribution is 5.90. The van der Waals surface area contributed by atoms with E-state index in [2.05, 4.69) is 10.6 Å². The van der Waals surface area contributed by atoms with Crippen LogP contribution in [0.5, 0.6) is 0 Å². The third-order valence-electron chi connectivity index (χ3n) is 2.33. The molecule has 19 heavy (non-hydrogen) atoms. The molecule has 0 fully saturated rings. The smallest absolute Gasteiger partial charge is 0.337 e. The van der Waals surface area contributed by atoms with Crippen molar-refractivity contribution in [3.63, 3.8) is 0 Å². The fraction of sp³-hybridized carbons (Fsp3) is 0.417. The molecule has 0 atom stereocenters. The molecular formula is C12H16F3N3O. The van der Waals surface area contributed by atoms with E-state index in [1.807, 2.05) is 19.0 Å². The Bertz CT molecular complexity index is 432. The van der Waals surface area contributed by atoms with Gasteiger partial charge in [0.1, 0.15) is 0 Å². The van der Waals surface area contributed by atoms with Gasteiger partial charge in [0.2, 0.25) is 0 Å². The molecule has 106 valence electrons. The second-order valence-electron chi connectivity index (χ2n) is 4.23. The van der Waals surface area contributed by atoms with Crippen LogP contribution in [-0.4, -0.2) is 38.1 Å². The van der Waals surface area contributed by atoms with Gasteiger partial charge in [-0.05, 0) is 26.2 Å². The molecule has 4 nitrogen and oxygen atoms in total. The summed E-state index contributed by atoms with van der Waals surface area (Å²) < 4.78 is 38.0. The van der Waals surface area contributed by atoms with Crippen LogP contribution in [0.4, 0.5) is 23.7 Å². The monoisotopic (exact) mass is 275 g/mol. The summed E-state index contributed by atoms with van der Waals surface area (Å²) in [6.45, 7) is 0.960. The number of anilines is 1. The molecule has 0 aliphatic heterocycles. The minimum Gasteiger partial charge on any atom is -0.337 e. The molecule has 7 heteroatoms. The van der Waals surface area contributed by atoms with Gasteiger partial charge in [-0.15, -0.1) is 0 Å². The molecule has 0 spiro atoms. The van der Waals surface area contributed by atoms with Crippen molar-refractivity contribution in [1.29, 1.82) is 0 Å². The fourth-order valence-corrected chi connectivity index (χ4v) is 1.40. The van der Waals surface area contributed by atoms with Gasteiger partial charge < -0.3 is 15.5 Å². The number of carbonyl (C=O) groups is 1. The first-order chi connectivity index (χ1) is 8.80. The number of urea groups is 1. The van der Waals surface area contributed by atoms with Crippen molar-refractivity contribution in [3.8, 4) is 0 Å². The summed E-state index contributed by atoms with van der Waals surface area (Å²) in [6, 6.07) is 4.20. The quantitative estimate of drug-likeness (QED) is 0.886. The fourth-order valence-electron chi connectivity index (χ4n) is 1.40. The lowest BCUT2D eigenvalue weighted by atomic mass is 10.1. The highest BCUT2D eigenvalue weighted by Crippen LogP contribution is 2.34. The van der Waals surface area contributed by atoms with E-state index in [1.165, 1.54) is 18.2 Å². The third kappa shape index (κ3) is 5.17. The molecule has 0 saturated carbocycles. The van der Waals surface area contributed by atoms with Crippen LogP contribution in [-0.2, 0) is 6.18 Å². The first kappa shape index (κ1) is 15.3.